The van der Waals surface area contributed by atoms with Crippen LogP contribution in [0.15, 0.2) is 103 Å². The van der Waals surface area contributed by atoms with E-state index in [0.717, 1.165) is 17.0 Å². The van der Waals surface area contributed by atoms with Crippen LogP contribution in [0.2, 0.25) is 0 Å². The first-order chi connectivity index (χ1) is 17.4. The molecule has 5 nitrogen and oxygen atoms in total. The van der Waals surface area contributed by atoms with Gasteiger partial charge in [0.25, 0.3) is 0 Å². The Labute approximate surface area is 213 Å². The van der Waals surface area contributed by atoms with E-state index < -0.39 is 11.7 Å². The van der Waals surface area contributed by atoms with Crippen molar-refractivity contribution in [2.75, 3.05) is 5.32 Å². The minimum Gasteiger partial charge on any atom is -0.455 e. The lowest BCUT2D eigenvalue weighted by Crippen LogP contribution is -2.32. The predicted octanol–water partition coefficient (Wildman–Crippen LogP) is 7.78. The molecule has 0 spiro atoms. The molecule has 0 fully saturated rings. The van der Waals surface area contributed by atoms with Crippen LogP contribution in [0.3, 0.4) is 0 Å². The summed E-state index contributed by atoms with van der Waals surface area (Å²) in [5, 5.41) is 6.27. The van der Waals surface area contributed by atoms with Gasteiger partial charge in [-0.25, -0.2) is 4.79 Å². The summed E-state index contributed by atoms with van der Waals surface area (Å²) in [5.41, 5.74) is 4.88. The number of hydrogen-bond donors (Lipinski definition) is 2. The van der Waals surface area contributed by atoms with E-state index in [-0.39, 0.29) is 0 Å². The van der Waals surface area contributed by atoms with Gasteiger partial charge in [-0.15, -0.1) is 0 Å². The van der Waals surface area contributed by atoms with Gasteiger partial charge in [0.1, 0.15) is 11.4 Å². The number of ether oxygens (including phenoxy) is 2. The number of anilines is 1. The van der Waals surface area contributed by atoms with Crippen LogP contribution in [0.5, 0.6) is 11.5 Å². The van der Waals surface area contributed by atoms with Crippen LogP contribution >= 0.6 is 0 Å². The van der Waals surface area contributed by atoms with Gasteiger partial charge >= 0.3 is 6.09 Å². The molecule has 0 aromatic heterocycles. The Morgan fingerprint density at radius 2 is 1.42 bits per heavy atom. The highest BCUT2D eigenvalue weighted by Crippen LogP contribution is 2.30. The SMILES string of the molecule is CC(C)(C)OC(=O)NCc1cccc(Oc2ccccc2NCc2ccc(-c3ccccc3)cc2)c1. The Hall–Kier alpha value is -4.25. The van der Waals surface area contributed by atoms with Crippen LogP contribution in [0.4, 0.5) is 10.5 Å². The van der Waals surface area contributed by atoms with Crippen LogP contribution in [-0.4, -0.2) is 11.7 Å². The van der Waals surface area contributed by atoms with E-state index in [4.69, 9.17) is 9.47 Å². The number of carbonyl (C=O) groups excluding carboxylic acids is 1. The summed E-state index contributed by atoms with van der Waals surface area (Å²) in [4.78, 5) is 12.0. The van der Waals surface area contributed by atoms with E-state index in [1.54, 1.807) is 0 Å². The predicted molar refractivity (Wildman–Crippen MR) is 145 cm³/mol. The zero-order valence-corrected chi connectivity index (χ0v) is 21.0. The van der Waals surface area contributed by atoms with E-state index >= 15 is 0 Å². The van der Waals surface area contributed by atoms with Crippen LogP contribution in [0.1, 0.15) is 31.9 Å². The maximum Gasteiger partial charge on any atom is 0.407 e. The number of para-hydroxylation sites is 2. The quantitative estimate of drug-likeness (QED) is 0.270. The first kappa shape index (κ1) is 24.9. The topological polar surface area (TPSA) is 59.6 Å². The molecule has 0 aliphatic heterocycles. The maximum absolute atomic E-state index is 12.0. The number of rotatable bonds is 8. The molecule has 184 valence electrons. The van der Waals surface area contributed by atoms with Gasteiger partial charge in [0.15, 0.2) is 5.75 Å². The largest absolute Gasteiger partial charge is 0.455 e. The lowest BCUT2D eigenvalue weighted by Gasteiger charge is -2.19. The number of carbonyl (C=O) groups is 1. The summed E-state index contributed by atoms with van der Waals surface area (Å²) in [7, 11) is 0. The molecular weight excluding hydrogens is 448 g/mol. The molecular formula is C31H32N2O3. The summed E-state index contributed by atoms with van der Waals surface area (Å²) in [6, 6.07) is 34.4. The van der Waals surface area contributed by atoms with Crippen molar-refractivity contribution in [2.24, 2.45) is 0 Å². The van der Waals surface area contributed by atoms with Crippen LogP contribution in [0.25, 0.3) is 11.1 Å². The highest BCUT2D eigenvalue weighted by Gasteiger charge is 2.15. The molecule has 0 saturated heterocycles. The van der Waals surface area contributed by atoms with Gasteiger partial charge < -0.3 is 20.1 Å². The van der Waals surface area contributed by atoms with Crippen molar-refractivity contribution in [3.05, 3.63) is 114 Å². The zero-order chi connectivity index (χ0) is 25.4. The second kappa shape index (κ2) is 11.5. The third-order valence-corrected chi connectivity index (χ3v) is 5.39. The number of alkyl carbamates (subject to hydrolysis) is 1. The Morgan fingerprint density at radius 1 is 0.722 bits per heavy atom. The minimum absolute atomic E-state index is 0.352. The number of amides is 1. The van der Waals surface area contributed by atoms with Crippen molar-refractivity contribution in [2.45, 2.75) is 39.5 Å². The third-order valence-electron chi connectivity index (χ3n) is 5.39. The summed E-state index contributed by atoms with van der Waals surface area (Å²) >= 11 is 0. The fourth-order valence-electron chi connectivity index (χ4n) is 3.68. The summed E-state index contributed by atoms with van der Waals surface area (Å²) in [5.74, 6) is 1.43. The standard InChI is InChI=1S/C31H32N2O3/c1-31(2,3)36-30(34)33-22-24-10-9-13-27(20-24)35-29-15-8-7-14-28(29)32-21-23-16-18-26(19-17-23)25-11-5-4-6-12-25/h4-20,32H,21-22H2,1-3H3,(H,33,34). The molecule has 4 aromatic rings. The maximum atomic E-state index is 12.0. The molecule has 5 heteroatoms. The second-order valence-corrected chi connectivity index (χ2v) is 9.52. The summed E-state index contributed by atoms with van der Waals surface area (Å²) < 4.78 is 11.5. The van der Waals surface area contributed by atoms with Gasteiger partial charge in [0, 0.05) is 13.1 Å². The highest BCUT2D eigenvalue weighted by molar-refractivity contribution is 5.67. The average molecular weight is 481 g/mol. The lowest BCUT2D eigenvalue weighted by atomic mass is 10.0. The van der Waals surface area contributed by atoms with Crippen LogP contribution in [-0.2, 0) is 17.8 Å². The van der Waals surface area contributed by atoms with Crippen molar-refractivity contribution >= 4 is 11.8 Å². The van der Waals surface area contributed by atoms with Gasteiger partial charge in [-0.05, 0) is 67.3 Å². The molecule has 0 bridgehead atoms. The van der Waals surface area contributed by atoms with Crippen molar-refractivity contribution in [3.8, 4) is 22.6 Å². The van der Waals surface area contributed by atoms with Gasteiger partial charge in [-0.2, -0.15) is 0 Å². The first-order valence-electron chi connectivity index (χ1n) is 12.1. The summed E-state index contributed by atoms with van der Waals surface area (Å²) in [6.45, 7) is 6.55. The molecule has 36 heavy (non-hydrogen) atoms. The van der Waals surface area contributed by atoms with E-state index in [1.165, 1.54) is 16.7 Å². The zero-order valence-electron chi connectivity index (χ0n) is 21.0. The van der Waals surface area contributed by atoms with E-state index in [1.807, 2.05) is 75.4 Å². The Kier molecular flexibility index (Phi) is 7.91. The molecule has 2 N–H and O–H groups in total. The average Bonchev–Trinajstić information content (AvgIpc) is 2.87. The Balaban J connectivity index is 1.37. The van der Waals surface area contributed by atoms with Crippen molar-refractivity contribution in [3.63, 3.8) is 0 Å². The van der Waals surface area contributed by atoms with Gasteiger partial charge in [-0.3, -0.25) is 0 Å². The second-order valence-electron chi connectivity index (χ2n) is 9.52. The molecule has 0 heterocycles. The normalized spacial score (nSPS) is 11.0. The molecule has 0 radical (unpaired) electrons. The number of benzene rings is 4. The molecule has 4 aromatic carbocycles. The van der Waals surface area contributed by atoms with Crippen molar-refractivity contribution in [1.29, 1.82) is 0 Å². The fourth-order valence-corrected chi connectivity index (χ4v) is 3.68. The van der Waals surface area contributed by atoms with E-state index in [2.05, 4.69) is 59.2 Å². The van der Waals surface area contributed by atoms with E-state index in [9.17, 15) is 4.79 Å². The number of hydrogen-bond acceptors (Lipinski definition) is 4. The molecule has 4 rings (SSSR count). The van der Waals surface area contributed by atoms with Gasteiger partial charge in [-0.1, -0.05) is 78.9 Å². The molecule has 0 unspecified atom stereocenters. The smallest absolute Gasteiger partial charge is 0.407 e. The molecule has 0 aliphatic carbocycles. The highest BCUT2D eigenvalue weighted by atomic mass is 16.6. The first-order valence-corrected chi connectivity index (χ1v) is 12.1. The molecule has 0 saturated carbocycles. The van der Waals surface area contributed by atoms with E-state index in [0.29, 0.717) is 18.8 Å². The molecule has 1 amide bonds. The molecule has 0 aliphatic rings. The van der Waals surface area contributed by atoms with Crippen molar-refractivity contribution in [1.82, 2.24) is 5.32 Å². The lowest BCUT2D eigenvalue weighted by molar-refractivity contribution is 0.0523. The minimum atomic E-state index is -0.532. The number of nitrogens with one attached hydrogen (secondary N) is 2. The van der Waals surface area contributed by atoms with Crippen LogP contribution in [0, 0.1) is 0 Å². The third kappa shape index (κ3) is 7.37. The monoisotopic (exact) mass is 480 g/mol. The molecule has 0 atom stereocenters. The Bertz CT molecular complexity index is 1280. The van der Waals surface area contributed by atoms with Crippen LogP contribution < -0.4 is 15.4 Å². The van der Waals surface area contributed by atoms with Crippen molar-refractivity contribution < 1.29 is 14.3 Å². The summed E-state index contributed by atoms with van der Waals surface area (Å²) in [6.07, 6.45) is -0.444. The van der Waals surface area contributed by atoms with Gasteiger partial charge in [0.2, 0.25) is 0 Å². The fraction of sp³-hybridized carbons (Fsp3) is 0.194. The van der Waals surface area contributed by atoms with Gasteiger partial charge in [0.05, 0.1) is 5.69 Å². The Morgan fingerprint density at radius 3 is 2.17 bits per heavy atom.